The van der Waals surface area contributed by atoms with Crippen LogP contribution in [-0.4, -0.2) is 16.0 Å². The molecule has 0 fully saturated rings. The van der Waals surface area contributed by atoms with Crippen molar-refractivity contribution in [1.82, 2.24) is 0 Å². The minimum absolute atomic E-state index is 0.0436. The standard InChI is InChI=1S/C15H9BrClNO4/c16-11-4-1-9(2-5-11)13(15(19)20)7-10-3-6-12(17)8-14(10)18(21)22/h1-8H,(H,19,20). The van der Waals surface area contributed by atoms with Crippen LogP contribution in [0.25, 0.3) is 11.6 Å². The highest BCUT2D eigenvalue weighted by Crippen LogP contribution is 2.28. The summed E-state index contributed by atoms with van der Waals surface area (Å²) in [7, 11) is 0. The number of carbonyl (C=O) groups is 1. The second kappa shape index (κ2) is 6.72. The lowest BCUT2D eigenvalue weighted by atomic mass is 10.0. The second-order valence-corrected chi connectivity index (χ2v) is 5.68. The highest BCUT2D eigenvalue weighted by molar-refractivity contribution is 9.10. The van der Waals surface area contributed by atoms with Gasteiger partial charge in [-0.1, -0.05) is 39.7 Å². The smallest absolute Gasteiger partial charge is 0.336 e. The van der Waals surface area contributed by atoms with Crippen LogP contribution in [0, 0.1) is 10.1 Å². The molecule has 0 radical (unpaired) electrons. The Morgan fingerprint density at radius 3 is 2.41 bits per heavy atom. The van der Waals surface area contributed by atoms with Gasteiger partial charge in [-0.05, 0) is 35.9 Å². The van der Waals surface area contributed by atoms with Crippen molar-refractivity contribution in [2.75, 3.05) is 0 Å². The lowest BCUT2D eigenvalue weighted by molar-refractivity contribution is -0.385. The molecular weight excluding hydrogens is 374 g/mol. The number of carboxylic acid groups (broad SMARTS) is 1. The fraction of sp³-hybridized carbons (Fsp3) is 0. The Morgan fingerprint density at radius 2 is 1.86 bits per heavy atom. The van der Waals surface area contributed by atoms with Gasteiger partial charge in [0.05, 0.1) is 16.1 Å². The van der Waals surface area contributed by atoms with Crippen molar-refractivity contribution >= 4 is 50.8 Å². The molecule has 0 aromatic heterocycles. The van der Waals surface area contributed by atoms with Crippen LogP contribution in [0.5, 0.6) is 0 Å². The maximum absolute atomic E-state index is 11.5. The van der Waals surface area contributed by atoms with Crippen molar-refractivity contribution in [2.24, 2.45) is 0 Å². The van der Waals surface area contributed by atoms with Crippen LogP contribution < -0.4 is 0 Å². The third-order valence-electron chi connectivity index (χ3n) is 2.87. The van der Waals surface area contributed by atoms with Crippen LogP contribution in [-0.2, 0) is 4.79 Å². The predicted octanol–water partition coefficient (Wildman–Crippen LogP) is 4.64. The molecule has 0 heterocycles. The van der Waals surface area contributed by atoms with Gasteiger partial charge in [0, 0.05) is 15.6 Å². The van der Waals surface area contributed by atoms with Crippen LogP contribution in [0.4, 0.5) is 5.69 Å². The summed E-state index contributed by atoms with van der Waals surface area (Å²) in [6, 6.07) is 10.7. The van der Waals surface area contributed by atoms with Crippen molar-refractivity contribution < 1.29 is 14.8 Å². The highest BCUT2D eigenvalue weighted by Gasteiger charge is 2.16. The third-order valence-corrected chi connectivity index (χ3v) is 3.64. The van der Waals surface area contributed by atoms with E-state index in [9.17, 15) is 20.0 Å². The minimum atomic E-state index is -1.17. The lowest BCUT2D eigenvalue weighted by Crippen LogP contribution is -2.00. The monoisotopic (exact) mass is 381 g/mol. The van der Waals surface area contributed by atoms with E-state index in [1.807, 2.05) is 0 Å². The van der Waals surface area contributed by atoms with E-state index in [0.717, 1.165) is 4.47 Å². The van der Waals surface area contributed by atoms with Gasteiger partial charge in [-0.25, -0.2) is 4.79 Å². The van der Waals surface area contributed by atoms with E-state index in [-0.39, 0.29) is 21.8 Å². The fourth-order valence-electron chi connectivity index (χ4n) is 1.85. The lowest BCUT2D eigenvalue weighted by Gasteiger charge is -2.04. The Labute approximate surface area is 139 Å². The van der Waals surface area contributed by atoms with E-state index in [1.165, 1.54) is 24.3 Å². The molecule has 0 spiro atoms. The quantitative estimate of drug-likeness (QED) is 0.362. The van der Waals surface area contributed by atoms with Crippen molar-refractivity contribution in [1.29, 1.82) is 0 Å². The highest BCUT2D eigenvalue weighted by atomic mass is 79.9. The number of nitro benzene ring substituents is 1. The Bertz CT molecular complexity index is 772. The first kappa shape index (κ1) is 16.2. The maximum atomic E-state index is 11.5. The van der Waals surface area contributed by atoms with Gasteiger partial charge in [-0.15, -0.1) is 0 Å². The first-order valence-electron chi connectivity index (χ1n) is 6.03. The Morgan fingerprint density at radius 1 is 1.23 bits per heavy atom. The number of halogens is 2. The largest absolute Gasteiger partial charge is 0.478 e. The molecule has 0 aliphatic carbocycles. The number of hydrogen-bond donors (Lipinski definition) is 1. The zero-order valence-electron chi connectivity index (χ0n) is 11.0. The molecule has 0 bridgehead atoms. The molecule has 7 heteroatoms. The van der Waals surface area contributed by atoms with Crippen LogP contribution in [0.2, 0.25) is 5.02 Å². The van der Waals surface area contributed by atoms with E-state index < -0.39 is 10.9 Å². The summed E-state index contributed by atoms with van der Waals surface area (Å²) in [4.78, 5) is 21.9. The van der Waals surface area contributed by atoms with Gasteiger partial charge in [0.25, 0.3) is 5.69 Å². The number of hydrogen-bond acceptors (Lipinski definition) is 3. The molecule has 0 saturated carbocycles. The molecule has 0 aliphatic heterocycles. The topological polar surface area (TPSA) is 80.4 Å². The summed E-state index contributed by atoms with van der Waals surface area (Å²) < 4.78 is 0.804. The number of carboxylic acids is 1. The fourth-order valence-corrected chi connectivity index (χ4v) is 2.28. The first-order valence-corrected chi connectivity index (χ1v) is 7.20. The third kappa shape index (κ3) is 3.72. The summed E-state index contributed by atoms with van der Waals surface area (Å²) in [5.74, 6) is -1.17. The molecular formula is C15H9BrClNO4. The molecule has 0 unspecified atom stereocenters. The molecule has 5 nitrogen and oxygen atoms in total. The minimum Gasteiger partial charge on any atom is -0.478 e. The summed E-state index contributed by atoms with van der Waals surface area (Å²) in [6.07, 6.45) is 1.26. The van der Waals surface area contributed by atoms with Crippen molar-refractivity contribution in [2.45, 2.75) is 0 Å². The van der Waals surface area contributed by atoms with Crippen LogP contribution >= 0.6 is 27.5 Å². The molecule has 0 amide bonds. The van der Waals surface area contributed by atoms with Gasteiger partial charge < -0.3 is 5.11 Å². The summed E-state index contributed by atoms with van der Waals surface area (Å²) >= 11 is 9.01. The molecule has 0 atom stereocenters. The van der Waals surface area contributed by atoms with Crippen LogP contribution in [0.1, 0.15) is 11.1 Å². The Balaban J connectivity index is 2.59. The molecule has 22 heavy (non-hydrogen) atoms. The number of benzene rings is 2. The SMILES string of the molecule is O=C(O)C(=Cc1ccc(Cl)cc1[N+](=O)[O-])c1ccc(Br)cc1. The average Bonchev–Trinajstić information content (AvgIpc) is 2.46. The van der Waals surface area contributed by atoms with Crippen molar-refractivity contribution in [3.8, 4) is 0 Å². The van der Waals surface area contributed by atoms with Gasteiger partial charge >= 0.3 is 5.97 Å². The van der Waals surface area contributed by atoms with Crippen molar-refractivity contribution in [3.05, 3.63) is 73.2 Å². The van der Waals surface area contributed by atoms with Gasteiger partial charge in [0.15, 0.2) is 0 Å². The predicted molar refractivity (Wildman–Crippen MR) is 87.8 cm³/mol. The maximum Gasteiger partial charge on any atom is 0.336 e. The first-order chi connectivity index (χ1) is 10.4. The van der Waals surface area contributed by atoms with Crippen LogP contribution in [0.3, 0.4) is 0 Å². The molecule has 2 aromatic rings. The zero-order valence-corrected chi connectivity index (χ0v) is 13.3. The van der Waals surface area contributed by atoms with Crippen molar-refractivity contribution in [3.63, 3.8) is 0 Å². The van der Waals surface area contributed by atoms with Gasteiger partial charge in [-0.3, -0.25) is 10.1 Å². The van der Waals surface area contributed by atoms with Gasteiger partial charge in [-0.2, -0.15) is 0 Å². The summed E-state index contributed by atoms with van der Waals surface area (Å²) in [5, 5.41) is 20.6. The molecule has 1 N–H and O–H groups in total. The van der Waals surface area contributed by atoms with E-state index in [4.69, 9.17) is 11.6 Å². The zero-order chi connectivity index (χ0) is 16.3. The number of aliphatic carboxylic acids is 1. The molecule has 0 saturated heterocycles. The Kier molecular flexibility index (Phi) is 4.95. The van der Waals surface area contributed by atoms with Gasteiger partial charge in [0.1, 0.15) is 0 Å². The summed E-state index contributed by atoms with van der Waals surface area (Å²) in [5.41, 5.74) is 0.330. The van der Waals surface area contributed by atoms with E-state index in [2.05, 4.69) is 15.9 Å². The normalized spacial score (nSPS) is 11.3. The average molecular weight is 383 g/mol. The summed E-state index contributed by atoms with van der Waals surface area (Å²) in [6.45, 7) is 0. The van der Waals surface area contributed by atoms with Gasteiger partial charge in [0.2, 0.25) is 0 Å². The molecule has 2 rings (SSSR count). The molecule has 112 valence electrons. The van der Waals surface area contributed by atoms with E-state index in [1.54, 1.807) is 24.3 Å². The number of nitro groups is 1. The number of rotatable bonds is 4. The van der Waals surface area contributed by atoms with Crippen LogP contribution in [0.15, 0.2) is 46.9 Å². The second-order valence-electron chi connectivity index (χ2n) is 4.33. The number of nitrogens with zero attached hydrogens (tertiary/aromatic N) is 1. The van der Waals surface area contributed by atoms with E-state index >= 15 is 0 Å². The van der Waals surface area contributed by atoms with E-state index in [0.29, 0.717) is 5.56 Å². The molecule has 0 aliphatic rings. The Hall–Kier alpha value is -2.18. The molecule has 2 aromatic carbocycles.